The molecule has 0 fully saturated rings. The number of benzene rings is 1. The first-order valence-corrected chi connectivity index (χ1v) is 6.33. The van der Waals surface area contributed by atoms with Gasteiger partial charge in [0.2, 0.25) is 5.91 Å². The molecule has 106 valence electrons. The molecule has 1 rings (SSSR count). The summed E-state index contributed by atoms with van der Waals surface area (Å²) >= 11 is 0. The van der Waals surface area contributed by atoms with Gasteiger partial charge in [0.25, 0.3) is 0 Å². The molecule has 0 aliphatic carbocycles. The minimum absolute atomic E-state index is 0.0832. The van der Waals surface area contributed by atoms with Crippen LogP contribution in [0.2, 0.25) is 0 Å². The van der Waals surface area contributed by atoms with E-state index in [4.69, 9.17) is 15.2 Å². The van der Waals surface area contributed by atoms with Crippen LogP contribution in [0.15, 0.2) is 24.3 Å². The Kier molecular flexibility index (Phi) is 6.92. The molecular weight excluding hydrogens is 244 g/mol. The summed E-state index contributed by atoms with van der Waals surface area (Å²) in [5, 5.41) is 2.80. The first kappa shape index (κ1) is 15.5. The number of hydrogen-bond acceptors (Lipinski definition) is 4. The molecule has 1 amide bonds. The normalized spacial score (nSPS) is 11.9. The first-order valence-electron chi connectivity index (χ1n) is 6.33. The van der Waals surface area contributed by atoms with Gasteiger partial charge in [-0.2, -0.15) is 0 Å². The Morgan fingerprint density at radius 3 is 2.89 bits per heavy atom. The molecule has 19 heavy (non-hydrogen) atoms. The van der Waals surface area contributed by atoms with Crippen molar-refractivity contribution in [2.45, 2.75) is 19.4 Å². The maximum absolute atomic E-state index is 11.6. The molecule has 0 aliphatic rings. The molecule has 1 unspecified atom stereocenters. The number of carbonyl (C=O) groups excluding carboxylic acids is 1. The van der Waals surface area contributed by atoms with E-state index in [1.165, 1.54) is 0 Å². The van der Waals surface area contributed by atoms with Crippen LogP contribution in [0.4, 0.5) is 0 Å². The average Bonchev–Trinajstić information content (AvgIpc) is 2.38. The van der Waals surface area contributed by atoms with E-state index in [2.05, 4.69) is 5.32 Å². The highest BCUT2D eigenvalue weighted by Gasteiger charge is 2.10. The van der Waals surface area contributed by atoms with Crippen LogP contribution < -0.4 is 15.8 Å². The molecule has 0 radical (unpaired) electrons. The second kappa shape index (κ2) is 8.50. The summed E-state index contributed by atoms with van der Waals surface area (Å²) in [6.07, 6.45) is 0.300. The summed E-state index contributed by atoms with van der Waals surface area (Å²) in [6.45, 7) is 3.12. The summed E-state index contributed by atoms with van der Waals surface area (Å²) in [7, 11) is 1.58. The van der Waals surface area contributed by atoms with Crippen molar-refractivity contribution in [2.75, 3.05) is 26.9 Å². The quantitative estimate of drug-likeness (QED) is 0.731. The highest BCUT2D eigenvalue weighted by atomic mass is 16.5. The third kappa shape index (κ3) is 6.22. The van der Waals surface area contributed by atoms with Gasteiger partial charge in [0, 0.05) is 13.7 Å². The second-order valence-electron chi connectivity index (χ2n) is 4.37. The predicted molar refractivity (Wildman–Crippen MR) is 74.2 cm³/mol. The molecule has 0 aromatic heterocycles. The molecule has 1 aromatic rings. The molecule has 5 heteroatoms. The zero-order valence-corrected chi connectivity index (χ0v) is 11.5. The summed E-state index contributed by atoms with van der Waals surface area (Å²) in [5.74, 6) is 0.695. The van der Waals surface area contributed by atoms with Crippen molar-refractivity contribution in [3.05, 3.63) is 29.8 Å². The predicted octanol–water partition coefficient (Wildman–Crippen LogP) is 0.854. The van der Waals surface area contributed by atoms with E-state index in [0.717, 1.165) is 11.3 Å². The molecule has 0 spiro atoms. The van der Waals surface area contributed by atoms with E-state index >= 15 is 0 Å². The zero-order valence-electron chi connectivity index (χ0n) is 11.5. The summed E-state index contributed by atoms with van der Waals surface area (Å²) in [5.41, 5.74) is 6.65. The molecule has 3 N–H and O–H groups in total. The van der Waals surface area contributed by atoms with E-state index in [1.807, 2.05) is 31.2 Å². The minimum atomic E-state index is -0.142. The maximum atomic E-state index is 11.6. The number of amides is 1. The van der Waals surface area contributed by atoms with Crippen molar-refractivity contribution in [1.29, 1.82) is 0 Å². The molecule has 0 aliphatic heterocycles. The lowest BCUT2D eigenvalue weighted by molar-refractivity contribution is -0.122. The van der Waals surface area contributed by atoms with Gasteiger partial charge in [0.1, 0.15) is 5.75 Å². The minimum Gasteiger partial charge on any atom is -0.493 e. The lowest BCUT2D eigenvalue weighted by Gasteiger charge is -2.15. The van der Waals surface area contributed by atoms with E-state index in [0.29, 0.717) is 26.2 Å². The monoisotopic (exact) mass is 266 g/mol. The molecule has 0 bridgehead atoms. The van der Waals surface area contributed by atoms with Gasteiger partial charge in [-0.15, -0.1) is 0 Å². The van der Waals surface area contributed by atoms with Gasteiger partial charge in [0.05, 0.1) is 25.7 Å². The fourth-order valence-corrected chi connectivity index (χ4v) is 1.64. The number of nitrogens with two attached hydrogens (primary N) is 1. The van der Waals surface area contributed by atoms with E-state index in [1.54, 1.807) is 7.11 Å². The van der Waals surface area contributed by atoms with Crippen LogP contribution in [0.5, 0.6) is 5.75 Å². The number of methoxy groups -OCH3 is 1. The number of aryl methyl sites for hydroxylation is 1. The molecule has 0 saturated heterocycles. The summed E-state index contributed by atoms with van der Waals surface area (Å²) in [6, 6.07) is 7.59. The standard InChI is InChI=1S/C14H22N2O3/c1-11-4-3-5-13(8-11)19-7-6-14(17)16-12(9-15)10-18-2/h3-5,8,12H,6-7,9-10,15H2,1-2H3,(H,16,17). The van der Waals surface area contributed by atoms with Gasteiger partial charge in [-0.05, 0) is 24.6 Å². The summed E-state index contributed by atoms with van der Waals surface area (Å²) in [4.78, 5) is 11.6. The Morgan fingerprint density at radius 1 is 1.47 bits per heavy atom. The smallest absolute Gasteiger partial charge is 0.223 e. The molecule has 0 saturated carbocycles. The lowest BCUT2D eigenvalue weighted by Crippen LogP contribution is -2.43. The van der Waals surface area contributed by atoms with Gasteiger partial charge >= 0.3 is 0 Å². The lowest BCUT2D eigenvalue weighted by atomic mass is 10.2. The van der Waals surface area contributed by atoms with Crippen molar-refractivity contribution in [3.8, 4) is 5.75 Å². The van der Waals surface area contributed by atoms with Crippen LogP contribution in [-0.2, 0) is 9.53 Å². The third-order valence-electron chi connectivity index (χ3n) is 2.60. The van der Waals surface area contributed by atoms with E-state index in [-0.39, 0.29) is 11.9 Å². The largest absolute Gasteiger partial charge is 0.493 e. The van der Waals surface area contributed by atoms with Gasteiger partial charge < -0.3 is 20.5 Å². The Hall–Kier alpha value is -1.59. The molecule has 1 atom stereocenters. The van der Waals surface area contributed by atoms with Crippen LogP contribution in [0.1, 0.15) is 12.0 Å². The maximum Gasteiger partial charge on any atom is 0.223 e. The SMILES string of the molecule is COCC(CN)NC(=O)CCOc1cccc(C)c1. The summed E-state index contributed by atoms with van der Waals surface area (Å²) < 4.78 is 10.5. The Balaban J connectivity index is 2.27. The fraction of sp³-hybridized carbons (Fsp3) is 0.500. The van der Waals surface area contributed by atoms with Crippen molar-refractivity contribution in [1.82, 2.24) is 5.32 Å². The number of hydrogen-bond donors (Lipinski definition) is 2. The van der Waals surface area contributed by atoms with Crippen LogP contribution in [-0.4, -0.2) is 38.8 Å². The number of rotatable bonds is 8. The van der Waals surface area contributed by atoms with E-state index < -0.39 is 0 Å². The highest BCUT2D eigenvalue weighted by Crippen LogP contribution is 2.12. The van der Waals surface area contributed by atoms with Crippen molar-refractivity contribution >= 4 is 5.91 Å². The fourth-order valence-electron chi connectivity index (χ4n) is 1.64. The second-order valence-corrected chi connectivity index (χ2v) is 4.37. The van der Waals surface area contributed by atoms with Crippen LogP contribution in [0.3, 0.4) is 0 Å². The van der Waals surface area contributed by atoms with Gasteiger partial charge in [-0.3, -0.25) is 4.79 Å². The van der Waals surface area contributed by atoms with Crippen molar-refractivity contribution in [3.63, 3.8) is 0 Å². The van der Waals surface area contributed by atoms with Gasteiger partial charge in [-0.1, -0.05) is 12.1 Å². The topological polar surface area (TPSA) is 73.6 Å². The highest BCUT2D eigenvalue weighted by molar-refractivity contribution is 5.76. The zero-order chi connectivity index (χ0) is 14.1. The Labute approximate surface area is 114 Å². The van der Waals surface area contributed by atoms with Gasteiger partial charge in [-0.25, -0.2) is 0 Å². The molecule has 5 nitrogen and oxygen atoms in total. The Morgan fingerprint density at radius 2 is 2.26 bits per heavy atom. The van der Waals surface area contributed by atoms with Crippen LogP contribution in [0, 0.1) is 6.92 Å². The number of carbonyl (C=O) groups is 1. The number of nitrogens with one attached hydrogen (secondary N) is 1. The average molecular weight is 266 g/mol. The van der Waals surface area contributed by atoms with Crippen molar-refractivity contribution < 1.29 is 14.3 Å². The first-order chi connectivity index (χ1) is 9.15. The molecule has 0 heterocycles. The Bertz CT molecular complexity index is 396. The van der Waals surface area contributed by atoms with Crippen LogP contribution >= 0.6 is 0 Å². The third-order valence-corrected chi connectivity index (χ3v) is 2.60. The number of ether oxygens (including phenoxy) is 2. The van der Waals surface area contributed by atoms with Crippen molar-refractivity contribution in [2.24, 2.45) is 5.73 Å². The van der Waals surface area contributed by atoms with Crippen LogP contribution in [0.25, 0.3) is 0 Å². The molecular formula is C14H22N2O3. The van der Waals surface area contributed by atoms with Gasteiger partial charge in [0.15, 0.2) is 0 Å². The molecule has 1 aromatic carbocycles. The van der Waals surface area contributed by atoms with E-state index in [9.17, 15) is 4.79 Å².